The second-order valence-electron chi connectivity index (χ2n) is 4.47. The maximum Gasteiger partial charge on any atom is 5.00 e. The summed E-state index contributed by atoms with van der Waals surface area (Å²) in [6.45, 7) is 0. The molecule has 59 heteroatoms. The third kappa shape index (κ3) is 3860. The normalized spacial score (nSPS) is 10.0. The van der Waals surface area contributed by atoms with Gasteiger partial charge in [0, 0.05) is 0 Å². The molecule has 0 N–H and O–H groups in total. The van der Waals surface area contributed by atoms with Crippen LogP contribution in [0.15, 0.2) is 0 Å². The van der Waals surface area contributed by atoms with Crippen molar-refractivity contribution in [2.75, 3.05) is 0 Å². The van der Waals surface area contributed by atoms with Crippen molar-refractivity contribution in [1.29, 1.82) is 0 Å². The number of hydrogen-bond acceptors (Lipinski definition) is 40. The van der Waals surface area contributed by atoms with Crippen LogP contribution in [0.5, 0.6) is 0 Å². The third-order valence-electron chi connectivity index (χ3n) is 0. The summed E-state index contributed by atoms with van der Waals surface area (Å²) in [5.41, 5.74) is 0. The van der Waals surface area contributed by atoms with Crippen molar-refractivity contribution in [3.8, 4) is 0 Å². The Morgan fingerprint density at radius 2 is 0.153 bits per heavy atom. The van der Waals surface area contributed by atoms with Crippen LogP contribution in [0, 0.1) is 0 Å². The van der Waals surface area contributed by atoms with Crippen molar-refractivity contribution in [1.82, 2.24) is 0 Å². The molecule has 0 radical (unpaired) electrons. The van der Waals surface area contributed by atoms with Crippen LogP contribution in [0.2, 0.25) is 0 Å². The Morgan fingerprint density at radius 3 is 0.153 bits per heavy atom. The second-order valence-corrected chi connectivity index (χ2v) is 13.4. The molecule has 0 heterocycles. The Kier molecular flexibility index (Phi) is 131. The molecule has 0 amide bonds. The molecule has 0 aliphatic heterocycles. The van der Waals surface area contributed by atoms with Crippen LogP contribution in [-0.2, 0) is 178 Å². The van der Waals surface area contributed by atoms with Gasteiger partial charge in [0.2, 0.25) is 0 Å². The second kappa shape index (κ2) is 60.8. The fraction of sp³-hybridized carbons (Fsp3) is 0. The van der Waals surface area contributed by atoms with Crippen LogP contribution in [0.1, 0.15) is 0 Å². The van der Waals surface area contributed by atoms with Gasteiger partial charge in [-0.25, -0.2) is 0 Å². The zero-order chi connectivity index (χ0) is 45.0. The standard InChI is InChI=1S/3Na.3Nb.10H3O4P.3Ti/c;;;;;;10*1-5(2,3)4;;;/h;;;;;;10*(H3,1,2,3,4);;;/q3*+1;3*+5;;;;;;;;;;;3*+4/p-30. The van der Waals surface area contributed by atoms with Gasteiger partial charge in [-0.05, 0) is 0 Å². The van der Waals surface area contributed by atoms with E-state index in [0.29, 0.717) is 0 Å². The summed E-state index contributed by atoms with van der Waals surface area (Å²) in [7, 11) is -53.9. The van der Waals surface area contributed by atoms with Gasteiger partial charge in [-0.3, -0.25) is 0 Å². The predicted octanol–water partition coefficient (Wildman–Crippen LogP) is -37.2. The summed E-state index contributed by atoms with van der Waals surface area (Å²) in [5.74, 6) is 0. The molecule has 0 aromatic carbocycles. The van der Waals surface area contributed by atoms with E-state index in [0.717, 1.165) is 0 Å². The van der Waals surface area contributed by atoms with E-state index in [1.165, 1.54) is 0 Å². The molecule has 40 nitrogen and oxygen atoms in total. The van der Waals surface area contributed by atoms with Crippen molar-refractivity contribution in [3.63, 3.8) is 0 Å². The Morgan fingerprint density at radius 1 is 0.153 bits per heavy atom. The summed E-state index contributed by atoms with van der Waals surface area (Å²) in [6.07, 6.45) is 0. The van der Waals surface area contributed by atoms with E-state index >= 15 is 0 Å². The van der Waals surface area contributed by atoms with Crippen LogP contribution < -0.4 is 235 Å². The molecule has 320 valence electrons. The van der Waals surface area contributed by atoms with E-state index in [2.05, 4.69) is 0 Å². The van der Waals surface area contributed by atoms with E-state index < -0.39 is 78.2 Å². The fourth-order valence-electron chi connectivity index (χ4n) is 0. The molecule has 0 rings (SSSR count). The minimum atomic E-state index is -5.39. The van der Waals surface area contributed by atoms with Gasteiger partial charge >= 0.3 is 221 Å². The fourth-order valence-corrected chi connectivity index (χ4v) is 0. The maximum atomic E-state index is 8.55. The summed E-state index contributed by atoms with van der Waals surface area (Å²) in [5, 5.41) is 0. The Bertz CT molecular complexity index is 881. The molecule has 0 aliphatic rings. The van der Waals surface area contributed by atoms with E-state index in [-0.39, 0.29) is 221 Å². The van der Waals surface area contributed by atoms with Crippen molar-refractivity contribution >= 4 is 78.2 Å². The van der Waals surface area contributed by atoms with E-state index in [9.17, 15) is 0 Å². The average molecular weight is 1440 g/mol. The Hall–Kier alpha value is 8.46. The minimum absolute atomic E-state index is 0. The minimum Gasteiger partial charge on any atom is -0.822 e. The molecule has 0 fully saturated rings. The maximum absolute atomic E-state index is 8.55. The quantitative estimate of drug-likeness (QED) is 0.160. The van der Waals surface area contributed by atoms with E-state index in [4.69, 9.17) is 192 Å². The van der Waals surface area contributed by atoms with Crippen molar-refractivity contribution in [2.24, 2.45) is 0 Å². The first-order valence-corrected chi connectivity index (χ1v) is 21.9. The summed E-state index contributed by atoms with van der Waals surface area (Å²) in [6, 6.07) is 0. The number of hydrogen-bond donors (Lipinski definition) is 0. The molecule has 0 unspecified atom stereocenters. The zero-order valence-electron chi connectivity index (χ0n) is 26.6. The van der Waals surface area contributed by atoms with E-state index in [1.54, 1.807) is 0 Å². The molecule has 0 saturated heterocycles. The van der Waals surface area contributed by atoms with Crippen LogP contribution in [0.4, 0.5) is 0 Å². The number of phosphoric acid groups is 10. The van der Waals surface area contributed by atoms with E-state index in [1.807, 2.05) is 0 Å². The third-order valence-corrected chi connectivity index (χ3v) is 0. The molecule has 0 aliphatic carbocycles. The first-order chi connectivity index (χ1) is 20.0. The van der Waals surface area contributed by atoms with Crippen molar-refractivity contribution in [2.45, 2.75) is 0 Å². The van der Waals surface area contributed by atoms with Gasteiger partial charge in [0.25, 0.3) is 0 Å². The molecular formula is Na3Nb3O40P10Ti3. The van der Waals surface area contributed by atoms with Crippen molar-refractivity contribution in [3.05, 3.63) is 0 Å². The van der Waals surface area contributed by atoms with Gasteiger partial charge in [0.15, 0.2) is 0 Å². The van der Waals surface area contributed by atoms with Gasteiger partial charge in [0.05, 0.1) is 0 Å². The molecule has 0 bridgehead atoms. The molecule has 0 aromatic heterocycles. The smallest absolute Gasteiger partial charge is 0.822 e. The summed E-state index contributed by atoms with van der Waals surface area (Å²) < 4.78 is 85.5. The molecule has 0 aromatic rings. The monoisotopic (exact) mass is 1440 g/mol. The topological polar surface area (TPSA) is 862 Å². The zero-order valence-corrected chi connectivity index (χ0v) is 52.9. The largest absolute Gasteiger partial charge is 5.00 e. The van der Waals surface area contributed by atoms with Gasteiger partial charge in [0.1, 0.15) is 0 Å². The van der Waals surface area contributed by atoms with Gasteiger partial charge in [-0.2, -0.15) is 78.2 Å². The van der Waals surface area contributed by atoms with Gasteiger partial charge in [-0.1, -0.05) is 0 Å². The molecule has 0 saturated carbocycles. The van der Waals surface area contributed by atoms with Gasteiger partial charge in [-0.15, -0.1) is 0 Å². The summed E-state index contributed by atoms with van der Waals surface area (Å²) in [4.78, 5) is 256. The van der Waals surface area contributed by atoms with Gasteiger partial charge < -0.3 is 192 Å². The first kappa shape index (κ1) is 127. The van der Waals surface area contributed by atoms with Crippen LogP contribution in [-0.4, -0.2) is 0 Å². The number of rotatable bonds is 0. The van der Waals surface area contributed by atoms with Crippen LogP contribution in [0.3, 0.4) is 0 Å². The Balaban J connectivity index is -0.0000000174. The van der Waals surface area contributed by atoms with Crippen LogP contribution >= 0.6 is 78.2 Å². The Labute approximate surface area is 484 Å². The SMILES string of the molecule is O=P([O-])([O-])[O-].O=P([O-])([O-])[O-].O=P([O-])([O-])[O-].O=P([O-])([O-])[O-].O=P([O-])([O-])[O-].O=P([O-])([O-])[O-].O=P([O-])([O-])[O-].O=P([O-])([O-])[O-].O=P([O-])([O-])[O-].O=P([O-])([O-])[O-].[Na+].[Na+].[Na+].[Nb+5].[Nb+5].[Nb+5].[Ti+4].[Ti+4].[Ti+4]. The molecule has 0 atom stereocenters. The van der Waals surface area contributed by atoms with Crippen molar-refractivity contribution < 1.29 is 413 Å². The molecular weight excluding hydrogens is 1440 g/mol. The van der Waals surface area contributed by atoms with Crippen LogP contribution in [0.25, 0.3) is 0 Å². The molecule has 59 heavy (non-hydrogen) atoms. The first-order valence-electron chi connectivity index (χ1n) is 7.30. The average Bonchev–Trinajstić information content (AvgIpc) is 2.34. The predicted molar refractivity (Wildman–Crippen MR) is 76.1 cm³/mol. The summed E-state index contributed by atoms with van der Waals surface area (Å²) >= 11 is 0. The molecule has 0 spiro atoms.